The monoisotopic (exact) mass is 315 g/mol. The lowest BCUT2D eigenvalue weighted by Crippen LogP contribution is -2.38. The van der Waals surface area contributed by atoms with Gasteiger partial charge in [0.15, 0.2) is 0 Å². The molecule has 6 heteroatoms. The van der Waals surface area contributed by atoms with Crippen LogP contribution in [0.2, 0.25) is 0 Å². The van der Waals surface area contributed by atoms with Crippen LogP contribution in [0.1, 0.15) is 19.2 Å². The van der Waals surface area contributed by atoms with Gasteiger partial charge in [0, 0.05) is 26.7 Å². The number of amides is 2. The number of fused-ring (bicyclic) bond motifs is 1. The standard InChI is InChI=1S/C17H25N5O/c1-3-18-17(23)19-10-13-8-9-22(11-13)12-16-20-14-6-4-5-7-15(14)21(16)2/h4-7,13H,3,8-12H2,1-2H3,(H2,18,19,23)/t13-/m0/s1. The Morgan fingerprint density at radius 2 is 2.17 bits per heavy atom. The van der Waals surface area contributed by atoms with Gasteiger partial charge in [0.1, 0.15) is 5.82 Å². The fourth-order valence-electron chi connectivity index (χ4n) is 3.22. The number of imidazole rings is 1. The first kappa shape index (κ1) is 15.8. The lowest BCUT2D eigenvalue weighted by Gasteiger charge is -2.16. The normalized spacial score (nSPS) is 18.4. The number of carbonyl (C=O) groups excluding carboxylic acids is 1. The van der Waals surface area contributed by atoms with E-state index in [4.69, 9.17) is 4.98 Å². The fraction of sp³-hybridized carbons (Fsp3) is 0.529. The molecule has 2 heterocycles. The first-order valence-electron chi connectivity index (χ1n) is 8.31. The number of nitrogens with one attached hydrogen (secondary N) is 2. The van der Waals surface area contributed by atoms with Crippen LogP contribution in [0.5, 0.6) is 0 Å². The molecule has 1 saturated heterocycles. The molecular weight excluding hydrogens is 290 g/mol. The SMILES string of the molecule is CCNC(=O)NC[C@@H]1CCN(Cc2nc3ccccc3n2C)C1. The van der Waals surface area contributed by atoms with Crippen molar-refractivity contribution < 1.29 is 4.79 Å². The average molecular weight is 315 g/mol. The Morgan fingerprint density at radius 3 is 2.96 bits per heavy atom. The van der Waals surface area contributed by atoms with E-state index in [2.05, 4.69) is 39.3 Å². The van der Waals surface area contributed by atoms with Gasteiger partial charge in [-0.25, -0.2) is 9.78 Å². The second-order valence-electron chi connectivity index (χ2n) is 6.21. The van der Waals surface area contributed by atoms with Gasteiger partial charge < -0.3 is 15.2 Å². The van der Waals surface area contributed by atoms with Gasteiger partial charge in [0.2, 0.25) is 0 Å². The summed E-state index contributed by atoms with van der Waals surface area (Å²) in [7, 11) is 2.08. The van der Waals surface area contributed by atoms with Crippen molar-refractivity contribution in [2.24, 2.45) is 13.0 Å². The van der Waals surface area contributed by atoms with E-state index in [1.54, 1.807) is 0 Å². The van der Waals surface area contributed by atoms with Crippen molar-refractivity contribution in [3.8, 4) is 0 Å². The van der Waals surface area contributed by atoms with Gasteiger partial charge in [0.25, 0.3) is 0 Å². The van der Waals surface area contributed by atoms with Crippen LogP contribution < -0.4 is 10.6 Å². The second kappa shape index (κ2) is 7.00. The maximum atomic E-state index is 11.5. The first-order valence-corrected chi connectivity index (χ1v) is 8.31. The maximum absolute atomic E-state index is 11.5. The Morgan fingerprint density at radius 1 is 1.35 bits per heavy atom. The molecule has 3 rings (SSSR count). The number of carbonyl (C=O) groups is 1. The Bertz CT molecular complexity index is 681. The molecule has 0 aliphatic carbocycles. The van der Waals surface area contributed by atoms with Gasteiger partial charge in [-0.15, -0.1) is 0 Å². The van der Waals surface area contributed by atoms with Gasteiger partial charge in [0.05, 0.1) is 17.6 Å². The molecular formula is C17H25N5O. The zero-order chi connectivity index (χ0) is 16.2. The molecule has 1 aliphatic rings. The van der Waals surface area contributed by atoms with E-state index in [-0.39, 0.29) is 6.03 Å². The Hall–Kier alpha value is -2.08. The minimum Gasteiger partial charge on any atom is -0.338 e. The van der Waals surface area contributed by atoms with Gasteiger partial charge in [-0.05, 0) is 37.9 Å². The van der Waals surface area contributed by atoms with Gasteiger partial charge in [-0.2, -0.15) is 0 Å². The van der Waals surface area contributed by atoms with Crippen molar-refractivity contribution in [2.75, 3.05) is 26.2 Å². The van der Waals surface area contributed by atoms with Crippen LogP contribution in [0.4, 0.5) is 4.79 Å². The number of aryl methyl sites for hydroxylation is 1. The molecule has 1 aromatic heterocycles. The zero-order valence-corrected chi connectivity index (χ0v) is 13.9. The highest BCUT2D eigenvalue weighted by atomic mass is 16.2. The summed E-state index contributed by atoms with van der Waals surface area (Å²) in [6.45, 7) is 6.26. The number of para-hydroxylation sites is 2. The van der Waals surface area contributed by atoms with Crippen LogP contribution in [-0.2, 0) is 13.6 Å². The van der Waals surface area contributed by atoms with Crippen LogP contribution in [0.15, 0.2) is 24.3 Å². The predicted octanol–water partition coefficient (Wildman–Crippen LogP) is 1.71. The molecule has 0 saturated carbocycles. The third-order valence-electron chi connectivity index (χ3n) is 4.50. The van der Waals surface area contributed by atoms with Gasteiger partial charge in [-0.3, -0.25) is 4.90 Å². The minimum absolute atomic E-state index is 0.0682. The summed E-state index contributed by atoms with van der Waals surface area (Å²) >= 11 is 0. The third kappa shape index (κ3) is 3.64. The van der Waals surface area contributed by atoms with E-state index in [9.17, 15) is 4.79 Å². The maximum Gasteiger partial charge on any atom is 0.314 e. The molecule has 23 heavy (non-hydrogen) atoms. The fourth-order valence-corrected chi connectivity index (χ4v) is 3.22. The van der Waals surface area contributed by atoms with Crippen LogP contribution in [0, 0.1) is 5.92 Å². The van der Waals surface area contributed by atoms with Crippen molar-refractivity contribution >= 4 is 17.1 Å². The third-order valence-corrected chi connectivity index (χ3v) is 4.50. The number of urea groups is 1. The highest BCUT2D eigenvalue weighted by Crippen LogP contribution is 2.20. The Labute approximate surface area is 136 Å². The average Bonchev–Trinajstić information content (AvgIpc) is 3.12. The molecule has 6 nitrogen and oxygen atoms in total. The number of hydrogen-bond donors (Lipinski definition) is 2. The summed E-state index contributed by atoms with van der Waals surface area (Å²) in [6, 6.07) is 8.17. The molecule has 2 N–H and O–H groups in total. The number of rotatable bonds is 5. The van der Waals surface area contributed by atoms with E-state index in [1.807, 2.05) is 19.1 Å². The van der Waals surface area contributed by atoms with E-state index >= 15 is 0 Å². The minimum atomic E-state index is -0.0682. The molecule has 0 spiro atoms. The zero-order valence-electron chi connectivity index (χ0n) is 13.9. The van der Waals surface area contributed by atoms with E-state index < -0.39 is 0 Å². The summed E-state index contributed by atoms with van der Waals surface area (Å²) in [4.78, 5) is 18.6. The quantitative estimate of drug-likeness (QED) is 0.883. The Kier molecular flexibility index (Phi) is 4.81. The van der Waals surface area contributed by atoms with E-state index in [1.165, 1.54) is 5.52 Å². The smallest absolute Gasteiger partial charge is 0.314 e. The lowest BCUT2D eigenvalue weighted by molar-refractivity contribution is 0.238. The molecule has 1 aliphatic heterocycles. The van der Waals surface area contributed by atoms with E-state index in [0.29, 0.717) is 12.5 Å². The number of nitrogens with zero attached hydrogens (tertiary/aromatic N) is 3. The highest BCUT2D eigenvalue weighted by Gasteiger charge is 2.24. The largest absolute Gasteiger partial charge is 0.338 e. The first-order chi connectivity index (χ1) is 11.2. The molecule has 1 aromatic carbocycles. The summed E-state index contributed by atoms with van der Waals surface area (Å²) < 4.78 is 2.18. The predicted molar refractivity (Wildman–Crippen MR) is 91.2 cm³/mol. The molecule has 2 amide bonds. The number of hydrogen-bond acceptors (Lipinski definition) is 3. The van der Waals surface area contributed by atoms with Crippen molar-refractivity contribution in [1.29, 1.82) is 0 Å². The van der Waals surface area contributed by atoms with Crippen LogP contribution in [0.25, 0.3) is 11.0 Å². The summed E-state index contributed by atoms with van der Waals surface area (Å²) in [6.07, 6.45) is 1.12. The molecule has 0 unspecified atom stereocenters. The van der Waals surface area contributed by atoms with Crippen molar-refractivity contribution in [3.63, 3.8) is 0 Å². The van der Waals surface area contributed by atoms with Crippen LogP contribution in [-0.4, -0.2) is 46.7 Å². The highest BCUT2D eigenvalue weighted by molar-refractivity contribution is 5.75. The summed E-state index contributed by atoms with van der Waals surface area (Å²) in [5, 5.41) is 5.71. The number of benzene rings is 1. The van der Waals surface area contributed by atoms with Gasteiger partial charge in [-0.1, -0.05) is 12.1 Å². The molecule has 124 valence electrons. The van der Waals surface area contributed by atoms with Crippen molar-refractivity contribution in [3.05, 3.63) is 30.1 Å². The molecule has 1 fully saturated rings. The molecule has 1 atom stereocenters. The molecule has 2 aromatic rings. The lowest BCUT2D eigenvalue weighted by atomic mass is 10.1. The summed E-state index contributed by atoms with van der Waals surface area (Å²) in [5.74, 6) is 1.62. The topological polar surface area (TPSA) is 62.2 Å². The number of likely N-dealkylation sites (tertiary alicyclic amines) is 1. The van der Waals surface area contributed by atoms with E-state index in [0.717, 1.165) is 43.9 Å². The number of aromatic nitrogens is 2. The Balaban J connectivity index is 1.55. The summed E-state index contributed by atoms with van der Waals surface area (Å²) in [5.41, 5.74) is 2.23. The molecule has 0 bridgehead atoms. The molecule has 0 radical (unpaired) electrons. The van der Waals surface area contributed by atoms with Crippen LogP contribution in [0.3, 0.4) is 0 Å². The van der Waals surface area contributed by atoms with Gasteiger partial charge >= 0.3 is 6.03 Å². The van der Waals surface area contributed by atoms with Crippen LogP contribution >= 0.6 is 0 Å². The second-order valence-corrected chi connectivity index (χ2v) is 6.21. The van der Waals surface area contributed by atoms with Crippen molar-refractivity contribution in [2.45, 2.75) is 19.9 Å². The van der Waals surface area contributed by atoms with Crippen molar-refractivity contribution in [1.82, 2.24) is 25.1 Å².